The van der Waals surface area contributed by atoms with Crippen molar-refractivity contribution in [1.29, 1.82) is 0 Å². The van der Waals surface area contributed by atoms with E-state index in [0.717, 1.165) is 34.0 Å². The number of nitrogens with zero attached hydrogens (tertiary/aromatic N) is 4. The lowest BCUT2D eigenvalue weighted by Gasteiger charge is -2.33. The molecule has 2 aromatic carbocycles. The molecule has 3 aromatic heterocycles. The Bertz CT molecular complexity index is 1930. The molecule has 2 amide bonds. The van der Waals surface area contributed by atoms with E-state index < -0.39 is 35.4 Å². The van der Waals surface area contributed by atoms with Gasteiger partial charge in [-0.1, -0.05) is 24.3 Å². The number of thiophene rings is 1. The molecule has 47 heavy (non-hydrogen) atoms. The Morgan fingerprint density at radius 3 is 2.47 bits per heavy atom. The first-order chi connectivity index (χ1) is 22.1. The van der Waals surface area contributed by atoms with Crippen molar-refractivity contribution >= 4 is 40.2 Å². The third-order valence-corrected chi connectivity index (χ3v) is 8.61. The molecule has 5 rings (SSSR count). The summed E-state index contributed by atoms with van der Waals surface area (Å²) in [5, 5.41) is 13.3. The van der Waals surface area contributed by atoms with Crippen molar-refractivity contribution in [3.63, 3.8) is 0 Å². The number of hydrogen-bond acceptors (Lipinski definition) is 7. The lowest BCUT2D eigenvalue weighted by Crippen LogP contribution is -2.47. The second-order valence-corrected chi connectivity index (χ2v) is 12.8. The minimum atomic E-state index is -4.57. The van der Waals surface area contributed by atoms with Crippen molar-refractivity contribution < 1.29 is 32.6 Å². The number of hydrogen-bond donors (Lipinski definition) is 3. The van der Waals surface area contributed by atoms with Crippen molar-refractivity contribution in [3.05, 3.63) is 89.2 Å². The van der Waals surface area contributed by atoms with E-state index in [1.54, 1.807) is 23.2 Å². The third-order valence-electron chi connectivity index (χ3n) is 7.48. The zero-order valence-corrected chi connectivity index (χ0v) is 26.8. The predicted octanol–water partition coefficient (Wildman–Crippen LogP) is 7.60. The molecule has 0 unspecified atom stereocenters. The molecular weight excluding hydrogens is 633 g/mol. The second-order valence-electron chi connectivity index (χ2n) is 11.8. The number of carbonyl (C=O) groups excluding carboxylic acids is 1. The normalized spacial score (nSPS) is 12.6. The first-order valence-corrected chi connectivity index (χ1v) is 15.4. The van der Waals surface area contributed by atoms with Gasteiger partial charge in [-0.05, 0) is 69.2 Å². The molecule has 5 aromatic rings. The van der Waals surface area contributed by atoms with E-state index in [1.165, 1.54) is 30.0 Å². The van der Waals surface area contributed by atoms with Gasteiger partial charge in [0.1, 0.15) is 33.9 Å². The molecule has 0 aliphatic carbocycles. The molecule has 0 spiro atoms. The number of carboxylic acid groups (broad SMARTS) is 1. The molecule has 246 valence electrons. The summed E-state index contributed by atoms with van der Waals surface area (Å²) in [6, 6.07) is 16.1. The fraction of sp³-hybridized carbons (Fsp3) is 0.273. The molecule has 0 aliphatic rings. The van der Waals surface area contributed by atoms with Crippen molar-refractivity contribution in [2.24, 2.45) is 5.73 Å². The fourth-order valence-corrected chi connectivity index (χ4v) is 6.12. The second kappa shape index (κ2) is 12.9. The first kappa shape index (κ1) is 33.3. The Hall–Kier alpha value is -5.11. The van der Waals surface area contributed by atoms with E-state index in [0.29, 0.717) is 22.9 Å². The van der Waals surface area contributed by atoms with Gasteiger partial charge in [-0.15, -0.1) is 11.3 Å². The smallest absolute Gasteiger partial charge is 0.416 e. The molecule has 0 radical (unpaired) electrons. The van der Waals surface area contributed by atoms with E-state index in [2.05, 4.69) is 15.3 Å². The van der Waals surface area contributed by atoms with Crippen LogP contribution in [0.25, 0.3) is 27.2 Å². The van der Waals surface area contributed by atoms with Gasteiger partial charge in [0.2, 0.25) is 0 Å². The van der Waals surface area contributed by atoms with Crippen molar-refractivity contribution in [3.8, 4) is 21.9 Å². The molecule has 0 fully saturated rings. The molecule has 1 atom stereocenters. The molecule has 0 bridgehead atoms. The Morgan fingerprint density at radius 2 is 1.79 bits per heavy atom. The molecular formula is C33H33F3N6O4S. The summed E-state index contributed by atoms with van der Waals surface area (Å²) < 4.78 is 48.5. The predicted molar refractivity (Wildman–Crippen MR) is 174 cm³/mol. The summed E-state index contributed by atoms with van der Waals surface area (Å²) in [5.74, 6) is -0.105. The van der Waals surface area contributed by atoms with Crippen LogP contribution in [0.4, 0.5) is 23.8 Å². The van der Waals surface area contributed by atoms with Gasteiger partial charge >= 0.3 is 12.3 Å². The van der Waals surface area contributed by atoms with Crippen LogP contribution in [0.3, 0.4) is 0 Å². The van der Waals surface area contributed by atoms with Gasteiger partial charge < -0.3 is 25.8 Å². The van der Waals surface area contributed by atoms with E-state index in [1.807, 2.05) is 51.1 Å². The average molecular weight is 667 g/mol. The van der Waals surface area contributed by atoms with E-state index in [4.69, 9.17) is 10.5 Å². The highest BCUT2D eigenvalue weighted by atomic mass is 32.1. The number of nitrogens with two attached hydrogens (primary N) is 1. The summed E-state index contributed by atoms with van der Waals surface area (Å²) in [6.07, 6.45) is -3.34. The molecule has 4 N–H and O–H groups in total. The number of fused-ring (bicyclic) bond motifs is 1. The van der Waals surface area contributed by atoms with Crippen LogP contribution in [0.15, 0.2) is 73.2 Å². The number of nitrogens with one attached hydrogen (secondary N) is 1. The van der Waals surface area contributed by atoms with Gasteiger partial charge in [0.15, 0.2) is 0 Å². The van der Waals surface area contributed by atoms with E-state index >= 15 is 0 Å². The number of imidazole rings is 1. The number of halogens is 3. The standard InChI is InChI=1S/C33H33F3N6O4S/c1-19(22-7-5-6-8-23(22)33(34,35)36)46-26-17-28(47-29(26)30(37)43)41-18-40-24-15-20(9-10-25(24)41)21-11-12-38-27(16-21)39-13-14-42(31(44)45)32(2,3)4/h5-12,15-19H,13-14H2,1-4H3,(H2,37,43)(H,38,39)(H,44,45)/t19-/m1/s1. The molecule has 3 heterocycles. The van der Waals surface area contributed by atoms with Crippen LogP contribution in [0.5, 0.6) is 5.75 Å². The number of primary amides is 1. The summed E-state index contributed by atoms with van der Waals surface area (Å²) in [4.78, 5) is 34.3. The lowest BCUT2D eigenvalue weighted by atomic mass is 10.0. The van der Waals surface area contributed by atoms with E-state index in [-0.39, 0.29) is 22.7 Å². The molecule has 0 saturated carbocycles. The Kier molecular flexibility index (Phi) is 9.16. The average Bonchev–Trinajstić information content (AvgIpc) is 3.62. The maximum Gasteiger partial charge on any atom is 0.416 e. The summed E-state index contributed by atoms with van der Waals surface area (Å²) in [7, 11) is 0. The summed E-state index contributed by atoms with van der Waals surface area (Å²) >= 11 is 1.05. The third kappa shape index (κ3) is 7.32. The van der Waals surface area contributed by atoms with Gasteiger partial charge in [-0.3, -0.25) is 9.36 Å². The maximum absolute atomic E-state index is 13.6. The van der Waals surface area contributed by atoms with Crippen LogP contribution in [-0.2, 0) is 6.18 Å². The number of rotatable bonds is 10. The minimum Gasteiger partial charge on any atom is -0.484 e. The van der Waals surface area contributed by atoms with Crippen molar-refractivity contribution in [2.45, 2.75) is 45.5 Å². The van der Waals surface area contributed by atoms with Crippen LogP contribution in [0, 0.1) is 0 Å². The number of amides is 2. The SMILES string of the molecule is C[C@@H](Oc1cc(-n2cnc3cc(-c4ccnc(NCCN(C(=O)O)C(C)(C)C)c4)ccc32)sc1C(N)=O)c1ccccc1C(F)(F)F. The highest BCUT2D eigenvalue weighted by molar-refractivity contribution is 7.16. The maximum atomic E-state index is 13.6. The molecule has 10 nitrogen and oxygen atoms in total. The number of carbonyl (C=O) groups is 2. The zero-order valence-electron chi connectivity index (χ0n) is 26.0. The Labute approximate surface area is 272 Å². The van der Waals surface area contributed by atoms with Crippen molar-refractivity contribution in [1.82, 2.24) is 19.4 Å². The van der Waals surface area contributed by atoms with Crippen LogP contribution >= 0.6 is 11.3 Å². The summed E-state index contributed by atoms with van der Waals surface area (Å²) in [6.45, 7) is 7.64. The molecule has 14 heteroatoms. The first-order valence-electron chi connectivity index (χ1n) is 14.6. The summed E-state index contributed by atoms with van der Waals surface area (Å²) in [5.41, 5.74) is 7.30. The largest absolute Gasteiger partial charge is 0.484 e. The van der Waals surface area contributed by atoms with Gasteiger partial charge in [0.25, 0.3) is 5.91 Å². The quantitative estimate of drug-likeness (QED) is 0.140. The number of aromatic nitrogens is 3. The van der Waals surface area contributed by atoms with E-state index in [9.17, 15) is 27.9 Å². The Morgan fingerprint density at radius 1 is 1.06 bits per heavy atom. The van der Waals surface area contributed by atoms with Crippen LogP contribution in [0.2, 0.25) is 0 Å². The van der Waals surface area contributed by atoms with Gasteiger partial charge in [0.05, 0.1) is 16.6 Å². The van der Waals surface area contributed by atoms with Gasteiger partial charge in [0, 0.05) is 36.5 Å². The number of pyridine rings is 1. The zero-order chi connectivity index (χ0) is 34.1. The highest BCUT2D eigenvalue weighted by Gasteiger charge is 2.35. The number of alkyl halides is 3. The van der Waals surface area contributed by atoms with Crippen molar-refractivity contribution in [2.75, 3.05) is 18.4 Å². The number of anilines is 1. The number of benzene rings is 2. The molecule has 0 saturated heterocycles. The van der Waals surface area contributed by atoms with Crippen LogP contribution in [-0.4, -0.2) is 55.2 Å². The van der Waals surface area contributed by atoms with Crippen LogP contribution < -0.4 is 15.8 Å². The monoisotopic (exact) mass is 666 g/mol. The molecule has 0 aliphatic heterocycles. The van der Waals surface area contributed by atoms with Gasteiger partial charge in [-0.25, -0.2) is 14.8 Å². The Balaban J connectivity index is 1.37. The topological polar surface area (TPSA) is 136 Å². The van der Waals surface area contributed by atoms with Gasteiger partial charge in [-0.2, -0.15) is 13.2 Å². The highest BCUT2D eigenvalue weighted by Crippen LogP contribution is 2.39. The fourth-order valence-electron chi connectivity index (χ4n) is 5.19. The number of ether oxygens (including phenoxy) is 1. The minimum absolute atomic E-state index is 0.0645. The lowest BCUT2D eigenvalue weighted by molar-refractivity contribution is -0.139. The van der Waals surface area contributed by atoms with Crippen LogP contribution in [0.1, 0.15) is 54.6 Å².